The average molecular weight is 318 g/mol. The zero-order valence-electron chi connectivity index (χ0n) is 13.2. The fourth-order valence-electron chi connectivity index (χ4n) is 2.67. The first-order valence-corrected chi connectivity index (χ1v) is 7.43. The Kier molecular flexibility index (Phi) is 3.50. The number of amides is 2. The van der Waals surface area contributed by atoms with E-state index in [2.05, 4.69) is 5.32 Å². The van der Waals surface area contributed by atoms with Crippen LogP contribution in [-0.4, -0.2) is 22.0 Å². The van der Waals surface area contributed by atoms with Gasteiger partial charge in [-0.05, 0) is 39.3 Å². The molecule has 1 atom stereocenters. The Morgan fingerprint density at radius 2 is 2.00 bits per heavy atom. The van der Waals surface area contributed by atoms with Gasteiger partial charge in [-0.15, -0.1) is 0 Å². The molecule has 122 valence electrons. The summed E-state index contributed by atoms with van der Waals surface area (Å²) in [6, 6.07) is 4.39. The maximum Gasteiger partial charge on any atom is 0.420 e. The molecule has 2 amide bonds. The number of hydrogen-bond acceptors (Lipinski definition) is 5. The van der Waals surface area contributed by atoms with Gasteiger partial charge in [0.1, 0.15) is 11.6 Å². The van der Waals surface area contributed by atoms with Crippen LogP contribution in [0.1, 0.15) is 39.7 Å². The first kappa shape index (κ1) is 15.3. The van der Waals surface area contributed by atoms with Gasteiger partial charge in [0.25, 0.3) is 0 Å². The zero-order chi connectivity index (χ0) is 16.8. The van der Waals surface area contributed by atoms with Gasteiger partial charge in [-0.3, -0.25) is 19.5 Å². The third-order valence-electron chi connectivity index (χ3n) is 3.54. The number of carbonyl (C=O) groups excluding carboxylic acids is 2. The molecule has 1 aliphatic rings. The van der Waals surface area contributed by atoms with Crippen molar-refractivity contribution in [2.75, 3.05) is 0 Å². The number of fused-ring (bicyclic) bond motifs is 1. The van der Waals surface area contributed by atoms with E-state index in [4.69, 9.17) is 9.15 Å². The molecule has 1 aromatic heterocycles. The molecule has 7 heteroatoms. The van der Waals surface area contributed by atoms with Crippen LogP contribution in [0.25, 0.3) is 11.1 Å². The number of ether oxygens (including phenoxy) is 1. The van der Waals surface area contributed by atoms with Crippen molar-refractivity contribution in [2.24, 2.45) is 0 Å². The Labute approximate surface area is 132 Å². The highest BCUT2D eigenvalue weighted by Crippen LogP contribution is 2.30. The largest absolute Gasteiger partial charge is 0.484 e. The lowest BCUT2D eigenvalue weighted by Crippen LogP contribution is -2.43. The van der Waals surface area contributed by atoms with E-state index in [0.29, 0.717) is 16.8 Å². The molecule has 7 nitrogen and oxygen atoms in total. The maximum absolute atomic E-state index is 12.3. The second kappa shape index (κ2) is 5.26. The summed E-state index contributed by atoms with van der Waals surface area (Å²) in [5.74, 6) is -1.02. The van der Waals surface area contributed by atoms with E-state index in [0.717, 1.165) is 0 Å². The van der Waals surface area contributed by atoms with E-state index in [9.17, 15) is 14.4 Å². The minimum atomic E-state index is -0.758. The van der Waals surface area contributed by atoms with Crippen LogP contribution < -0.4 is 15.8 Å². The molecule has 2 aromatic rings. The second-order valence-corrected chi connectivity index (χ2v) is 6.52. The highest BCUT2D eigenvalue weighted by atomic mass is 16.5. The molecular formula is C16H18N2O5. The molecule has 0 aliphatic carbocycles. The molecule has 1 aromatic carbocycles. The SMILES string of the molecule is CC(C)(C)Oc1cccc2c1oc(=O)n2C1CCC(=O)NC1=O. The molecule has 2 heterocycles. The summed E-state index contributed by atoms with van der Waals surface area (Å²) in [5.41, 5.74) is 0.326. The lowest BCUT2D eigenvalue weighted by Gasteiger charge is -2.22. The maximum atomic E-state index is 12.3. The molecular weight excluding hydrogens is 300 g/mol. The zero-order valence-corrected chi connectivity index (χ0v) is 13.2. The minimum absolute atomic E-state index is 0.188. The summed E-state index contributed by atoms with van der Waals surface area (Å²) in [5, 5.41) is 2.25. The van der Waals surface area contributed by atoms with Crippen LogP contribution in [-0.2, 0) is 9.59 Å². The van der Waals surface area contributed by atoms with Gasteiger partial charge in [0.2, 0.25) is 11.8 Å². The molecule has 1 saturated heterocycles. The van der Waals surface area contributed by atoms with Crippen LogP contribution in [0.4, 0.5) is 0 Å². The molecule has 1 N–H and O–H groups in total. The number of nitrogens with zero attached hydrogens (tertiary/aromatic N) is 1. The van der Waals surface area contributed by atoms with Crippen molar-refractivity contribution in [2.45, 2.75) is 45.3 Å². The van der Waals surface area contributed by atoms with Crippen LogP contribution in [0.2, 0.25) is 0 Å². The fourth-order valence-corrected chi connectivity index (χ4v) is 2.67. The number of rotatable bonds is 2. The van der Waals surface area contributed by atoms with Crippen molar-refractivity contribution in [3.05, 3.63) is 28.7 Å². The molecule has 0 spiro atoms. The molecule has 0 saturated carbocycles. The highest BCUT2D eigenvalue weighted by molar-refractivity contribution is 6.00. The van der Waals surface area contributed by atoms with Gasteiger partial charge < -0.3 is 9.15 Å². The first-order valence-electron chi connectivity index (χ1n) is 7.43. The third kappa shape index (κ3) is 2.86. The standard InChI is InChI=1S/C16H18N2O5/c1-16(2,3)23-11-6-4-5-9-13(11)22-15(21)18(9)10-7-8-12(19)17-14(10)20/h4-6,10H,7-8H2,1-3H3,(H,17,19,20). The van der Waals surface area contributed by atoms with Gasteiger partial charge in [-0.1, -0.05) is 6.07 Å². The summed E-state index contributed by atoms with van der Waals surface area (Å²) < 4.78 is 12.4. The Hall–Kier alpha value is -2.57. The van der Waals surface area contributed by atoms with Gasteiger partial charge in [0.15, 0.2) is 11.3 Å². The Morgan fingerprint density at radius 3 is 2.65 bits per heavy atom. The Bertz CT molecular complexity index is 840. The van der Waals surface area contributed by atoms with Crippen LogP contribution in [0.15, 0.2) is 27.4 Å². The number of imide groups is 1. The topological polar surface area (TPSA) is 90.5 Å². The van der Waals surface area contributed by atoms with Gasteiger partial charge in [0.05, 0.1) is 5.52 Å². The molecule has 0 radical (unpaired) electrons. The Balaban J connectivity index is 2.11. The highest BCUT2D eigenvalue weighted by Gasteiger charge is 2.32. The van der Waals surface area contributed by atoms with Crippen molar-refractivity contribution >= 4 is 22.9 Å². The van der Waals surface area contributed by atoms with E-state index in [1.807, 2.05) is 20.8 Å². The smallest absolute Gasteiger partial charge is 0.420 e. The second-order valence-electron chi connectivity index (χ2n) is 6.52. The van der Waals surface area contributed by atoms with Crippen molar-refractivity contribution < 1.29 is 18.7 Å². The summed E-state index contributed by atoms with van der Waals surface area (Å²) >= 11 is 0. The van der Waals surface area contributed by atoms with E-state index >= 15 is 0 Å². The molecule has 3 rings (SSSR count). The molecule has 1 unspecified atom stereocenters. The lowest BCUT2D eigenvalue weighted by molar-refractivity contribution is -0.135. The van der Waals surface area contributed by atoms with Crippen molar-refractivity contribution in [3.8, 4) is 5.75 Å². The van der Waals surface area contributed by atoms with Crippen LogP contribution in [0.5, 0.6) is 5.75 Å². The van der Waals surface area contributed by atoms with Gasteiger partial charge in [-0.2, -0.15) is 0 Å². The third-order valence-corrected chi connectivity index (χ3v) is 3.54. The van der Waals surface area contributed by atoms with Crippen molar-refractivity contribution in [3.63, 3.8) is 0 Å². The average Bonchev–Trinajstić information content (AvgIpc) is 2.75. The number of carbonyl (C=O) groups is 2. The predicted octanol–water partition coefficient (Wildman–Crippen LogP) is 1.75. The number of hydrogen-bond donors (Lipinski definition) is 1. The molecule has 1 fully saturated rings. The van der Waals surface area contributed by atoms with E-state index < -0.39 is 23.3 Å². The van der Waals surface area contributed by atoms with E-state index in [1.54, 1.807) is 18.2 Å². The van der Waals surface area contributed by atoms with Crippen LogP contribution in [0.3, 0.4) is 0 Å². The van der Waals surface area contributed by atoms with Crippen LogP contribution >= 0.6 is 0 Å². The van der Waals surface area contributed by atoms with E-state index in [-0.39, 0.29) is 18.7 Å². The lowest BCUT2D eigenvalue weighted by atomic mass is 10.1. The summed E-state index contributed by atoms with van der Waals surface area (Å²) in [4.78, 5) is 35.6. The number of benzene rings is 1. The minimum Gasteiger partial charge on any atom is -0.484 e. The number of oxazole rings is 1. The number of nitrogens with one attached hydrogen (secondary N) is 1. The van der Waals surface area contributed by atoms with Gasteiger partial charge >= 0.3 is 5.76 Å². The fraction of sp³-hybridized carbons (Fsp3) is 0.438. The van der Waals surface area contributed by atoms with Crippen molar-refractivity contribution in [1.82, 2.24) is 9.88 Å². The number of piperidine rings is 1. The molecule has 1 aliphatic heterocycles. The first-order chi connectivity index (χ1) is 10.8. The van der Waals surface area contributed by atoms with Crippen LogP contribution in [0, 0.1) is 0 Å². The molecule has 23 heavy (non-hydrogen) atoms. The summed E-state index contributed by atoms with van der Waals surface area (Å²) in [6.07, 6.45) is 0.456. The summed E-state index contributed by atoms with van der Waals surface area (Å²) in [6.45, 7) is 5.67. The number of aromatic nitrogens is 1. The monoisotopic (exact) mass is 318 g/mol. The Morgan fingerprint density at radius 1 is 1.26 bits per heavy atom. The van der Waals surface area contributed by atoms with Crippen molar-refractivity contribution in [1.29, 1.82) is 0 Å². The quantitative estimate of drug-likeness (QED) is 0.852. The van der Waals surface area contributed by atoms with Gasteiger partial charge in [-0.25, -0.2) is 4.79 Å². The van der Waals surface area contributed by atoms with E-state index in [1.165, 1.54) is 4.57 Å². The predicted molar refractivity (Wildman–Crippen MR) is 82.3 cm³/mol. The van der Waals surface area contributed by atoms with Gasteiger partial charge in [0, 0.05) is 6.42 Å². The normalized spacial score (nSPS) is 19.0. The molecule has 0 bridgehead atoms. The summed E-state index contributed by atoms with van der Waals surface area (Å²) in [7, 11) is 0. The number of para-hydroxylation sites is 1.